The van der Waals surface area contributed by atoms with Crippen molar-refractivity contribution in [3.05, 3.63) is 56.8 Å². The van der Waals surface area contributed by atoms with E-state index < -0.39 is 5.91 Å². The Morgan fingerprint density at radius 3 is 2.55 bits per heavy atom. The van der Waals surface area contributed by atoms with E-state index >= 15 is 0 Å². The van der Waals surface area contributed by atoms with E-state index in [1.165, 1.54) is 24.3 Å². The van der Waals surface area contributed by atoms with E-state index in [1.807, 2.05) is 6.07 Å². The first-order valence-electron chi connectivity index (χ1n) is 5.34. The molecule has 0 atom stereocenters. The minimum absolute atomic E-state index is 0.00706. The first-order chi connectivity index (χ1) is 9.51. The summed E-state index contributed by atoms with van der Waals surface area (Å²) >= 11 is 17.4. The van der Waals surface area contributed by atoms with Crippen molar-refractivity contribution in [2.45, 2.75) is 0 Å². The topological polar surface area (TPSA) is 65.8 Å². The number of nitrogens with one attached hydrogen (secondary N) is 1. The van der Waals surface area contributed by atoms with E-state index in [0.29, 0.717) is 10.7 Å². The summed E-state index contributed by atoms with van der Waals surface area (Å²) in [6, 6.07) is 9.43. The molecule has 1 amide bonds. The Hall–Kier alpha value is -1.80. The fourth-order valence-corrected chi connectivity index (χ4v) is 1.95. The van der Waals surface area contributed by atoms with Crippen molar-refractivity contribution in [3.63, 3.8) is 0 Å². The SMILES string of the molecule is N#Cc1cc(NC(=O)c2nc(Cl)ccc2Cl)ccc1Cl. The van der Waals surface area contributed by atoms with Crippen LogP contribution in [0.2, 0.25) is 15.2 Å². The van der Waals surface area contributed by atoms with Gasteiger partial charge in [0.1, 0.15) is 16.9 Å². The zero-order valence-electron chi connectivity index (χ0n) is 9.82. The Morgan fingerprint density at radius 2 is 1.85 bits per heavy atom. The summed E-state index contributed by atoms with van der Waals surface area (Å²) < 4.78 is 0. The summed E-state index contributed by atoms with van der Waals surface area (Å²) in [4.78, 5) is 15.9. The molecule has 4 nitrogen and oxygen atoms in total. The third-order valence-electron chi connectivity index (χ3n) is 2.37. The fraction of sp³-hybridized carbons (Fsp3) is 0. The van der Waals surface area contributed by atoms with Crippen molar-refractivity contribution in [1.29, 1.82) is 5.26 Å². The van der Waals surface area contributed by atoms with E-state index in [1.54, 1.807) is 6.07 Å². The molecule has 0 unspecified atom stereocenters. The summed E-state index contributed by atoms with van der Waals surface area (Å²) in [7, 11) is 0. The lowest BCUT2D eigenvalue weighted by Crippen LogP contribution is -2.14. The molecule has 0 saturated carbocycles. The van der Waals surface area contributed by atoms with Gasteiger partial charge in [-0.1, -0.05) is 34.8 Å². The number of hydrogen-bond donors (Lipinski definition) is 1. The molecular weight excluding hydrogens is 321 g/mol. The number of rotatable bonds is 2. The van der Waals surface area contributed by atoms with Crippen LogP contribution in [0.25, 0.3) is 0 Å². The van der Waals surface area contributed by atoms with Gasteiger partial charge in [-0.15, -0.1) is 0 Å². The van der Waals surface area contributed by atoms with Crippen LogP contribution in [0.15, 0.2) is 30.3 Å². The Kier molecular flexibility index (Phi) is 4.46. The van der Waals surface area contributed by atoms with Gasteiger partial charge in [0.15, 0.2) is 0 Å². The van der Waals surface area contributed by atoms with Gasteiger partial charge in [0, 0.05) is 5.69 Å². The van der Waals surface area contributed by atoms with Crippen LogP contribution in [0.1, 0.15) is 16.1 Å². The number of anilines is 1. The maximum absolute atomic E-state index is 12.0. The van der Waals surface area contributed by atoms with Crippen molar-refractivity contribution in [2.75, 3.05) is 5.32 Å². The minimum Gasteiger partial charge on any atom is -0.321 e. The van der Waals surface area contributed by atoms with Crippen LogP contribution in [0.5, 0.6) is 0 Å². The Morgan fingerprint density at radius 1 is 1.15 bits per heavy atom. The van der Waals surface area contributed by atoms with Crippen molar-refractivity contribution >= 4 is 46.4 Å². The number of pyridine rings is 1. The summed E-state index contributed by atoms with van der Waals surface area (Å²) in [5, 5.41) is 12.1. The van der Waals surface area contributed by atoms with Crippen LogP contribution in [0, 0.1) is 11.3 Å². The Balaban J connectivity index is 2.28. The van der Waals surface area contributed by atoms with Gasteiger partial charge in [-0.25, -0.2) is 4.98 Å². The monoisotopic (exact) mass is 325 g/mol. The molecule has 0 radical (unpaired) electrons. The second-order valence-electron chi connectivity index (χ2n) is 3.72. The van der Waals surface area contributed by atoms with Gasteiger partial charge < -0.3 is 5.32 Å². The maximum Gasteiger partial charge on any atom is 0.275 e. The van der Waals surface area contributed by atoms with Crippen LogP contribution in [-0.4, -0.2) is 10.9 Å². The lowest BCUT2D eigenvalue weighted by atomic mass is 10.2. The molecule has 1 aromatic heterocycles. The van der Waals surface area contributed by atoms with Gasteiger partial charge in [-0.05, 0) is 30.3 Å². The normalized spacial score (nSPS) is 9.90. The first kappa shape index (κ1) is 14.6. The molecule has 0 aliphatic rings. The average molecular weight is 327 g/mol. The number of halogens is 3. The number of carbonyl (C=O) groups is 1. The summed E-state index contributed by atoms with van der Waals surface area (Å²) in [6.45, 7) is 0. The van der Waals surface area contributed by atoms with Gasteiger partial charge >= 0.3 is 0 Å². The molecule has 20 heavy (non-hydrogen) atoms. The number of nitrogens with zero attached hydrogens (tertiary/aromatic N) is 2. The highest BCUT2D eigenvalue weighted by molar-refractivity contribution is 6.35. The van der Waals surface area contributed by atoms with E-state index in [4.69, 9.17) is 40.1 Å². The molecule has 0 saturated heterocycles. The quantitative estimate of drug-likeness (QED) is 0.842. The number of aromatic nitrogens is 1. The molecular formula is C13H6Cl3N3O. The summed E-state index contributed by atoms with van der Waals surface area (Å²) in [5.74, 6) is -0.524. The van der Waals surface area contributed by atoms with E-state index in [2.05, 4.69) is 10.3 Å². The molecule has 2 aromatic rings. The van der Waals surface area contributed by atoms with Crippen LogP contribution >= 0.6 is 34.8 Å². The van der Waals surface area contributed by atoms with Crippen LogP contribution in [0.3, 0.4) is 0 Å². The fourth-order valence-electron chi connectivity index (χ4n) is 1.46. The summed E-state index contributed by atoms with van der Waals surface area (Å²) in [5.41, 5.74) is 0.677. The molecule has 0 spiro atoms. The van der Waals surface area contributed by atoms with Gasteiger partial charge in [-0.2, -0.15) is 5.26 Å². The highest BCUT2D eigenvalue weighted by Gasteiger charge is 2.13. The van der Waals surface area contributed by atoms with Crippen molar-refractivity contribution in [2.24, 2.45) is 0 Å². The standard InChI is InChI=1S/C13H6Cl3N3O/c14-9-2-1-8(5-7(9)6-17)18-13(20)12-10(15)3-4-11(16)19-12/h1-5H,(H,18,20). The predicted molar refractivity (Wildman–Crippen MR) is 78.4 cm³/mol. The number of amides is 1. The minimum atomic E-state index is -0.524. The number of carbonyl (C=O) groups excluding carboxylic acids is 1. The van der Waals surface area contributed by atoms with E-state index in [9.17, 15) is 4.79 Å². The van der Waals surface area contributed by atoms with Gasteiger partial charge in [0.05, 0.1) is 15.6 Å². The van der Waals surface area contributed by atoms with Crippen molar-refractivity contribution < 1.29 is 4.79 Å². The molecule has 1 heterocycles. The van der Waals surface area contributed by atoms with Gasteiger partial charge in [0.25, 0.3) is 5.91 Å². The lowest BCUT2D eigenvalue weighted by Gasteiger charge is -2.07. The largest absolute Gasteiger partial charge is 0.321 e. The van der Waals surface area contributed by atoms with Crippen LogP contribution in [-0.2, 0) is 0 Å². The Labute approximate surface area is 129 Å². The molecule has 0 fully saturated rings. The highest BCUT2D eigenvalue weighted by Crippen LogP contribution is 2.22. The molecule has 0 aliphatic carbocycles. The zero-order valence-corrected chi connectivity index (χ0v) is 12.1. The molecule has 100 valence electrons. The third kappa shape index (κ3) is 3.20. The first-order valence-corrected chi connectivity index (χ1v) is 6.47. The predicted octanol–water partition coefficient (Wildman–Crippen LogP) is 4.17. The van der Waals surface area contributed by atoms with Gasteiger partial charge in [-0.3, -0.25) is 4.79 Å². The zero-order chi connectivity index (χ0) is 14.7. The van der Waals surface area contributed by atoms with Crippen molar-refractivity contribution in [3.8, 4) is 6.07 Å². The summed E-state index contributed by atoms with van der Waals surface area (Å²) in [6.07, 6.45) is 0. The van der Waals surface area contributed by atoms with Crippen LogP contribution < -0.4 is 5.32 Å². The highest BCUT2D eigenvalue weighted by atomic mass is 35.5. The second kappa shape index (κ2) is 6.10. The number of hydrogen-bond acceptors (Lipinski definition) is 3. The molecule has 1 N–H and O–H groups in total. The van der Waals surface area contributed by atoms with E-state index in [-0.39, 0.29) is 21.4 Å². The Bertz CT molecular complexity index is 725. The smallest absolute Gasteiger partial charge is 0.275 e. The lowest BCUT2D eigenvalue weighted by molar-refractivity contribution is 0.102. The second-order valence-corrected chi connectivity index (χ2v) is 4.93. The molecule has 2 rings (SSSR count). The number of benzene rings is 1. The van der Waals surface area contributed by atoms with Crippen LogP contribution in [0.4, 0.5) is 5.69 Å². The molecule has 0 aliphatic heterocycles. The average Bonchev–Trinajstić information content (AvgIpc) is 2.43. The molecule has 7 heteroatoms. The third-order valence-corrected chi connectivity index (χ3v) is 3.22. The number of nitriles is 1. The van der Waals surface area contributed by atoms with E-state index in [0.717, 1.165) is 0 Å². The van der Waals surface area contributed by atoms with Crippen molar-refractivity contribution in [1.82, 2.24) is 4.98 Å². The molecule has 0 bridgehead atoms. The maximum atomic E-state index is 12.0. The van der Waals surface area contributed by atoms with Gasteiger partial charge in [0.2, 0.25) is 0 Å². The molecule has 1 aromatic carbocycles.